The minimum atomic E-state index is -3.46. The van der Waals surface area contributed by atoms with Gasteiger partial charge < -0.3 is 14.8 Å². The molecule has 2 aromatic rings. The molecule has 0 saturated carbocycles. The summed E-state index contributed by atoms with van der Waals surface area (Å²) in [4.78, 5) is 12.1. The smallest absolute Gasteiger partial charge is 0.232 e. The monoisotopic (exact) mass is 392 g/mol. The van der Waals surface area contributed by atoms with Crippen LogP contribution in [0.5, 0.6) is 11.5 Å². The SMILES string of the molecule is COc1ccc(N(CCCC(=O)Nc2cccc(OC)c2)S(C)(=O)=O)cc1. The number of carbonyl (C=O) groups is 1. The first-order valence-electron chi connectivity index (χ1n) is 8.39. The minimum Gasteiger partial charge on any atom is -0.497 e. The second kappa shape index (κ2) is 9.27. The van der Waals surface area contributed by atoms with Gasteiger partial charge in [0, 0.05) is 24.7 Å². The predicted octanol–water partition coefficient (Wildman–Crippen LogP) is 2.89. The summed E-state index contributed by atoms with van der Waals surface area (Å²) in [6, 6.07) is 13.8. The molecule has 0 aliphatic carbocycles. The topological polar surface area (TPSA) is 84.9 Å². The molecule has 8 heteroatoms. The van der Waals surface area contributed by atoms with Crippen LogP contribution >= 0.6 is 0 Å². The number of hydrogen-bond donors (Lipinski definition) is 1. The maximum Gasteiger partial charge on any atom is 0.232 e. The number of rotatable bonds is 9. The van der Waals surface area contributed by atoms with E-state index in [4.69, 9.17) is 9.47 Å². The van der Waals surface area contributed by atoms with Gasteiger partial charge in [0.1, 0.15) is 11.5 Å². The second-order valence-corrected chi connectivity index (χ2v) is 7.82. The fraction of sp³-hybridized carbons (Fsp3) is 0.316. The summed E-state index contributed by atoms with van der Waals surface area (Å²) in [7, 11) is -0.358. The first kappa shape index (κ1) is 20.6. The number of anilines is 2. The summed E-state index contributed by atoms with van der Waals surface area (Å²) < 4.78 is 35.7. The molecule has 0 aromatic heterocycles. The Bertz CT molecular complexity index is 866. The molecule has 1 N–H and O–H groups in total. The summed E-state index contributed by atoms with van der Waals surface area (Å²) in [5.41, 5.74) is 1.17. The molecule has 0 aliphatic heterocycles. The van der Waals surface area contributed by atoms with Crippen molar-refractivity contribution in [2.45, 2.75) is 12.8 Å². The van der Waals surface area contributed by atoms with Gasteiger partial charge in [-0.25, -0.2) is 8.42 Å². The van der Waals surface area contributed by atoms with Crippen LogP contribution in [0.25, 0.3) is 0 Å². The lowest BCUT2D eigenvalue weighted by molar-refractivity contribution is -0.116. The molecule has 0 fully saturated rings. The van der Waals surface area contributed by atoms with Gasteiger partial charge in [0.15, 0.2) is 0 Å². The van der Waals surface area contributed by atoms with E-state index in [0.717, 1.165) is 6.26 Å². The van der Waals surface area contributed by atoms with Crippen LogP contribution in [0.4, 0.5) is 11.4 Å². The largest absolute Gasteiger partial charge is 0.497 e. The fourth-order valence-electron chi connectivity index (χ4n) is 2.54. The van der Waals surface area contributed by atoms with E-state index >= 15 is 0 Å². The van der Waals surface area contributed by atoms with E-state index in [1.165, 1.54) is 4.31 Å². The second-order valence-electron chi connectivity index (χ2n) is 5.92. The number of nitrogens with zero attached hydrogens (tertiary/aromatic N) is 1. The minimum absolute atomic E-state index is 0.188. The Kier molecular flexibility index (Phi) is 7.06. The Hall–Kier alpha value is -2.74. The number of hydrogen-bond acceptors (Lipinski definition) is 5. The van der Waals surface area contributed by atoms with E-state index in [0.29, 0.717) is 29.3 Å². The molecule has 0 unspecified atom stereocenters. The first-order valence-corrected chi connectivity index (χ1v) is 10.2. The van der Waals surface area contributed by atoms with Gasteiger partial charge in [-0.1, -0.05) is 6.07 Å². The molecule has 2 aromatic carbocycles. The highest BCUT2D eigenvalue weighted by molar-refractivity contribution is 7.92. The molecule has 7 nitrogen and oxygen atoms in total. The lowest BCUT2D eigenvalue weighted by atomic mass is 10.2. The predicted molar refractivity (Wildman–Crippen MR) is 106 cm³/mol. The summed E-state index contributed by atoms with van der Waals surface area (Å²) in [6.07, 6.45) is 1.72. The zero-order valence-electron chi connectivity index (χ0n) is 15.6. The third kappa shape index (κ3) is 6.18. The highest BCUT2D eigenvalue weighted by atomic mass is 32.2. The van der Waals surface area contributed by atoms with Crippen LogP contribution in [-0.2, 0) is 14.8 Å². The van der Waals surface area contributed by atoms with Gasteiger partial charge in [-0.3, -0.25) is 9.10 Å². The molecule has 1 amide bonds. The quantitative estimate of drug-likeness (QED) is 0.709. The van der Waals surface area contributed by atoms with Gasteiger partial charge in [-0.2, -0.15) is 0 Å². The summed E-state index contributed by atoms with van der Waals surface area (Å²) >= 11 is 0. The van der Waals surface area contributed by atoms with Crippen molar-refractivity contribution in [2.24, 2.45) is 0 Å². The molecule has 0 aliphatic rings. The van der Waals surface area contributed by atoms with Crippen molar-refractivity contribution in [3.05, 3.63) is 48.5 Å². The Balaban J connectivity index is 1.95. The van der Waals surface area contributed by atoms with Crippen molar-refractivity contribution >= 4 is 27.3 Å². The van der Waals surface area contributed by atoms with Crippen LogP contribution < -0.4 is 19.1 Å². The van der Waals surface area contributed by atoms with Crippen molar-refractivity contribution in [3.63, 3.8) is 0 Å². The van der Waals surface area contributed by atoms with E-state index < -0.39 is 10.0 Å². The number of benzene rings is 2. The number of ether oxygens (including phenoxy) is 2. The van der Waals surface area contributed by atoms with Gasteiger partial charge >= 0.3 is 0 Å². The highest BCUT2D eigenvalue weighted by Gasteiger charge is 2.17. The van der Waals surface area contributed by atoms with Crippen molar-refractivity contribution in [2.75, 3.05) is 36.6 Å². The highest BCUT2D eigenvalue weighted by Crippen LogP contribution is 2.22. The van der Waals surface area contributed by atoms with Crippen molar-refractivity contribution in [3.8, 4) is 11.5 Å². The van der Waals surface area contributed by atoms with E-state index in [1.54, 1.807) is 62.8 Å². The Morgan fingerprint density at radius 2 is 1.70 bits per heavy atom. The zero-order valence-corrected chi connectivity index (χ0v) is 16.5. The van der Waals surface area contributed by atoms with Crippen LogP contribution in [0, 0.1) is 0 Å². The van der Waals surface area contributed by atoms with Crippen LogP contribution in [0.15, 0.2) is 48.5 Å². The molecule has 27 heavy (non-hydrogen) atoms. The van der Waals surface area contributed by atoms with Gasteiger partial charge in [0.2, 0.25) is 15.9 Å². The van der Waals surface area contributed by atoms with E-state index in [-0.39, 0.29) is 18.9 Å². The van der Waals surface area contributed by atoms with Crippen LogP contribution in [0.1, 0.15) is 12.8 Å². The number of methoxy groups -OCH3 is 2. The van der Waals surface area contributed by atoms with Crippen LogP contribution in [0.3, 0.4) is 0 Å². The van der Waals surface area contributed by atoms with Gasteiger partial charge in [0.25, 0.3) is 0 Å². The molecule has 2 rings (SSSR count). The van der Waals surface area contributed by atoms with E-state index in [1.807, 2.05) is 0 Å². The standard InChI is InChI=1S/C19H24N2O5S/c1-25-17-11-9-16(10-12-17)21(27(3,23)24)13-5-8-19(22)20-15-6-4-7-18(14-15)26-2/h4,6-7,9-12,14H,5,8,13H2,1-3H3,(H,20,22). The molecule has 0 heterocycles. The number of amides is 1. The average Bonchev–Trinajstić information content (AvgIpc) is 2.64. The maximum atomic E-state index is 12.1. The zero-order chi connectivity index (χ0) is 19.9. The summed E-state index contributed by atoms with van der Waals surface area (Å²) in [5, 5.41) is 2.78. The Morgan fingerprint density at radius 3 is 2.30 bits per heavy atom. The van der Waals surface area contributed by atoms with Crippen molar-refractivity contribution < 1.29 is 22.7 Å². The van der Waals surface area contributed by atoms with Crippen molar-refractivity contribution in [1.29, 1.82) is 0 Å². The molecule has 0 spiro atoms. The molecular formula is C19H24N2O5S. The molecule has 0 atom stereocenters. The maximum absolute atomic E-state index is 12.1. The Morgan fingerprint density at radius 1 is 1.04 bits per heavy atom. The third-order valence-corrected chi connectivity index (χ3v) is 5.07. The number of carbonyl (C=O) groups excluding carboxylic acids is 1. The molecule has 0 saturated heterocycles. The van der Waals surface area contributed by atoms with Gasteiger partial charge in [-0.05, 0) is 42.8 Å². The van der Waals surface area contributed by atoms with Crippen LogP contribution in [-0.4, -0.2) is 41.3 Å². The van der Waals surface area contributed by atoms with Gasteiger partial charge in [-0.15, -0.1) is 0 Å². The van der Waals surface area contributed by atoms with Crippen molar-refractivity contribution in [1.82, 2.24) is 0 Å². The lowest BCUT2D eigenvalue weighted by Crippen LogP contribution is -2.31. The van der Waals surface area contributed by atoms with Gasteiger partial charge in [0.05, 0.1) is 26.2 Å². The summed E-state index contributed by atoms with van der Waals surface area (Å²) in [5.74, 6) is 1.10. The Labute approximate surface area is 160 Å². The van der Waals surface area contributed by atoms with E-state index in [2.05, 4.69) is 5.32 Å². The average molecular weight is 392 g/mol. The lowest BCUT2D eigenvalue weighted by Gasteiger charge is -2.22. The molecular weight excluding hydrogens is 368 g/mol. The summed E-state index contributed by atoms with van der Waals surface area (Å²) in [6.45, 7) is 0.205. The normalized spacial score (nSPS) is 10.9. The number of nitrogens with one attached hydrogen (secondary N) is 1. The third-order valence-electron chi connectivity index (χ3n) is 3.88. The fourth-order valence-corrected chi connectivity index (χ4v) is 3.51. The van der Waals surface area contributed by atoms with E-state index in [9.17, 15) is 13.2 Å². The molecule has 146 valence electrons. The molecule has 0 bridgehead atoms. The van der Waals surface area contributed by atoms with Crippen LogP contribution in [0.2, 0.25) is 0 Å². The molecule has 0 radical (unpaired) electrons. The number of sulfonamides is 1. The first-order chi connectivity index (χ1) is 12.8.